The summed E-state index contributed by atoms with van der Waals surface area (Å²) in [7, 11) is 0. The Balaban J connectivity index is 2.34. The molecule has 0 aliphatic rings. The number of rotatable bonds is 3. The van der Waals surface area contributed by atoms with E-state index in [1.807, 2.05) is 6.92 Å². The Morgan fingerprint density at radius 1 is 1.67 bits per heavy atom. The highest BCUT2D eigenvalue weighted by molar-refractivity contribution is 6.05. The van der Waals surface area contributed by atoms with E-state index in [4.69, 9.17) is 12.2 Å². The van der Waals surface area contributed by atoms with Gasteiger partial charge in [-0.25, -0.2) is 0 Å². The molecule has 5 nitrogen and oxygen atoms in total. The summed E-state index contributed by atoms with van der Waals surface area (Å²) >= 11 is 0. The van der Waals surface area contributed by atoms with E-state index in [-0.39, 0.29) is 11.9 Å². The maximum Gasteiger partial charge on any atom is 0.273 e. The molecule has 92 valence electrons. The lowest BCUT2D eigenvalue weighted by atomic mass is 10.1. The van der Waals surface area contributed by atoms with Crippen molar-refractivity contribution in [2.75, 3.05) is 5.73 Å². The number of anilines is 1. The number of fused-ring (bicyclic) bond motifs is 1. The van der Waals surface area contributed by atoms with Gasteiger partial charge in [0.15, 0.2) is 5.69 Å². The zero-order valence-electron chi connectivity index (χ0n) is 10.0. The smallest absolute Gasteiger partial charge is 0.273 e. The SMILES string of the molecule is C#CC(CC)NC(=O)c1n[nH]c2ccc(N)cc12. The van der Waals surface area contributed by atoms with Crippen LogP contribution in [0.5, 0.6) is 0 Å². The summed E-state index contributed by atoms with van der Waals surface area (Å²) in [6.07, 6.45) is 5.98. The predicted molar refractivity (Wildman–Crippen MR) is 70.9 cm³/mol. The van der Waals surface area contributed by atoms with Gasteiger partial charge in [-0.1, -0.05) is 12.8 Å². The van der Waals surface area contributed by atoms with Crippen LogP contribution in [0.1, 0.15) is 23.8 Å². The fraction of sp³-hybridized carbons (Fsp3) is 0.231. The summed E-state index contributed by atoms with van der Waals surface area (Å²) in [4.78, 5) is 12.0. The van der Waals surface area contributed by atoms with Crippen LogP contribution in [0.4, 0.5) is 5.69 Å². The van der Waals surface area contributed by atoms with Crippen LogP contribution in [0.2, 0.25) is 0 Å². The van der Waals surface area contributed by atoms with Gasteiger partial charge in [-0.3, -0.25) is 9.89 Å². The highest BCUT2D eigenvalue weighted by Gasteiger charge is 2.16. The summed E-state index contributed by atoms with van der Waals surface area (Å²) < 4.78 is 0. The van der Waals surface area contributed by atoms with Crippen LogP contribution in [-0.2, 0) is 0 Å². The molecule has 18 heavy (non-hydrogen) atoms. The second-order valence-corrected chi connectivity index (χ2v) is 3.98. The number of nitrogens with zero attached hydrogens (tertiary/aromatic N) is 1. The quantitative estimate of drug-likeness (QED) is 0.560. The predicted octanol–water partition coefficient (Wildman–Crippen LogP) is 1.29. The Bertz CT molecular complexity index is 623. The summed E-state index contributed by atoms with van der Waals surface area (Å²) in [6, 6.07) is 4.96. The lowest BCUT2D eigenvalue weighted by Gasteiger charge is -2.09. The van der Waals surface area contributed by atoms with Crippen LogP contribution in [-0.4, -0.2) is 22.1 Å². The minimum Gasteiger partial charge on any atom is -0.399 e. The molecular formula is C13H14N4O. The van der Waals surface area contributed by atoms with Crippen molar-refractivity contribution in [3.8, 4) is 12.3 Å². The summed E-state index contributed by atoms with van der Waals surface area (Å²) in [5.41, 5.74) is 7.36. The van der Waals surface area contributed by atoms with Crippen molar-refractivity contribution in [2.24, 2.45) is 0 Å². The first-order valence-electron chi connectivity index (χ1n) is 5.66. The van der Waals surface area contributed by atoms with Crippen molar-refractivity contribution in [3.05, 3.63) is 23.9 Å². The Kier molecular flexibility index (Phi) is 3.20. The minimum atomic E-state index is -0.295. The van der Waals surface area contributed by atoms with Gasteiger partial charge < -0.3 is 11.1 Å². The fourth-order valence-electron chi connectivity index (χ4n) is 1.69. The average Bonchev–Trinajstić information content (AvgIpc) is 2.78. The van der Waals surface area contributed by atoms with Gasteiger partial charge in [-0.05, 0) is 24.6 Å². The lowest BCUT2D eigenvalue weighted by Crippen LogP contribution is -2.33. The van der Waals surface area contributed by atoms with Gasteiger partial charge in [-0.15, -0.1) is 6.42 Å². The van der Waals surface area contributed by atoms with Crippen LogP contribution in [0.15, 0.2) is 18.2 Å². The first kappa shape index (κ1) is 12.0. The number of carbonyl (C=O) groups is 1. The van der Waals surface area contributed by atoms with Crippen LogP contribution >= 0.6 is 0 Å². The second-order valence-electron chi connectivity index (χ2n) is 3.98. The van der Waals surface area contributed by atoms with Crippen molar-refractivity contribution in [2.45, 2.75) is 19.4 Å². The molecule has 0 aliphatic carbocycles. The van der Waals surface area contributed by atoms with E-state index in [0.29, 0.717) is 23.2 Å². The number of H-pyrrole nitrogens is 1. The normalized spacial score (nSPS) is 12.0. The molecule has 0 bridgehead atoms. The van der Waals surface area contributed by atoms with Crippen LogP contribution in [0.25, 0.3) is 10.9 Å². The number of nitrogens with one attached hydrogen (secondary N) is 2. The molecule has 1 unspecified atom stereocenters. The molecule has 1 aromatic heterocycles. The van der Waals surface area contributed by atoms with Crippen LogP contribution in [0.3, 0.4) is 0 Å². The monoisotopic (exact) mass is 242 g/mol. The number of nitrogens with two attached hydrogens (primary N) is 1. The largest absolute Gasteiger partial charge is 0.399 e. The van der Waals surface area contributed by atoms with Gasteiger partial charge in [0, 0.05) is 11.1 Å². The number of aromatic nitrogens is 2. The summed E-state index contributed by atoms with van der Waals surface area (Å²) in [6.45, 7) is 1.91. The minimum absolute atomic E-state index is 0.287. The number of amides is 1. The van der Waals surface area contributed by atoms with Gasteiger partial charge >= 0.3 is 0 Å². The molecule has 0 fully saturated rings. The van der Waals surface area contributed by atoms with E-state index < -0.39 is 0 Å². The number of terminal acetylenes is 1. The average molecular weight is 242 g/mol. The van der Waals surface area contributed by atoms with Crippen molar-refractivity contribution in [1.82, 2.24) is 15.5 Å². The first-order chi connectivity index (χ1) is 8.65. The molecule has 0 saturated carbocycles. The molecule has 0 saturated heterocycles. The summed E-state index contributed by atoms with van der Waals surface area (Å²) in [5.74, 6) is 2.21. The molecule has 4 N–H and O–H groups in total. The third-order valence-electron chi connectivity index (χ3n) is 2.72. The Morgan fingerprint density at radius 2 is 2.44 bits per heavy atom. The van der Waals surface area contributed by atoms with E-state index in [1.54, 1.807) is 18.2 Å². The highest BCUT2D eigenvalue weighted by Crippen LogP contribution is 2.18. The van der Waals surface area contributed by atoms with Gasteiger partial charge in [0.1, 0.15) is 0 Å². The molecule has 1 amide bonds. The van der Waals surface area contributed by atoms with Crippen LogP contribution in [0, 0.1) is 12.3 Å². The van der Waals surface area contributed by atoms with E-state index >= 15 is 0 Å². The second kappa shape index (κ2) is 4.80. The number of hydrogen-bond acceptors (Lipinski definition) is 3. The van der Waals surface area contributed by atoms with Crippen molar-refractivity contribution >= 4 is 22.5 Å². The molecule has 0 aliphatic heterocycles. The maximum atomic E-state index is 12.0. The fourth-order valence-corrected chi connectivity index (χ4v) is 1.69. The number of benzene rings is 1. The molecule has 1 atom stereocenters. The van der Waals surface area contributed by atoms with E-state index in [0.717, 1.165) is 5.52 Å². The van der Waals surface area contributed by atoms with Gasteiger partial charge in [-0.2, -0.15) is 5.10 Å². The van der Waals surface area contributed by atoms with E-state index in [9.17, 15) is 4.79 Å². The van der Waals surface area contributed by atoms with Gasteiger partial charge in [0.05, 0.1) is 11.6 Å². The summed E-state index contributed by atoms with van der Waals surface area (Å²) in [5, 5.41) is 10.2. The molecular weight excluding hydrogens is 228 g/mol. The molecule has 0 radical (unpaired) electrons. The lowest BCUT2D eigenvalue weighted by molar-refractivity contribution is 0.0941. The number of hydrogen-bond donors (Lipinski definition) is 3. The molecule has 1 heterocycles. The Morgan fingerprint density at radius 3 is 3.11 bits per heavy atom. The molecule has 1 aromatic carbocycles. The molecule has 2 rings (SSSR count). The van der Waals surface area contributed by atoms with Gasteiger partial charge in [0.2, 0.25) is 0 Å². The third kappa shape index (κ3) is 2.13. The van der Waals surface area contributed by atoms with Crippen LogP contribution < -0.4 is 11.1 Å². The maximum absolute atomic E-state index is 12.0. The molecule has 0 spiro atoms. The first-order valence-corrected chi connectivity index (χ1v) is 5.66. The Labute approximate surface area is 105 Å². The van der Waals surface area contributed by atoms with Crippen molar-refractivity contribution < 1.29 is 4.79 Å². The number of carbonyl (C=O) groups excluding carboxylic acids is 1. The van der Waals surface area contributed by atoms with E-state index in [1.165, 1.54) is 0 Å². The standard InChI is InChI=1S/C13H14N4O/c1-3-9(4-2)15-13(18)12-10-7-8(14)5-6-11(10)16-17-12/h1,5-7,9H,4,14H2,2H3,(H,15,18)(H,16,17). The zero-order valence-corrected chi connectivity index (χ0v) is 10.0. The number of nitrogen functional groups attached to an aromatic ring is 1. The third-order valence-corrected chi connectivity index (χ3v) is 2.72. The highest BCUT2D eigenvalue weighted by atomic mass is 16.2. The van der Waals surface area contributed by atoms with E-state index in [2.05, 4.69) is 21.4 Å². The number of aromatic amines is 1. The zero-order chi connectivity index (χ0) is 13.1. The molecule has 2 aromatic rings. The Hall–Kier alpha value is -2.48. The van der Waals surface area contributed by atoms with Gasteiger partial charge in [0.25, 0.3) is 5.91 Å². The van der Waals surface area contributed by atoms with Crippen molar-refractivity contribution in [3.63, 3.8) is 0 Å². The topological polar surface area (TPSA) is 83.8 Å². The van der Waals surface area contributed by atoms with Crippen molar-refractivity contribution in [1.29, 1.82) is 0 Å². The molecule has 5 heteroatoms.